The van der Waals surface area contributed by atoms with Crippen LogP contribution in [0.2, 0.25) is 10.0 Å². The second-order valence-corrected chi connectivity index (χ2v) is 11.7. The van der Waals surface area contributed by atoms with E-state index >= 15 is 0 Å². The number of benzene rings is 3. The molecule has 4 nitrogen and oxygen atoms in total. The normalized spacial score (nSPS) is 12.2. The third-order valence-corrected chi connectivity index (χ3v) is 7.23. The molecule has 0 saturated heterocycles. The summed E-state index contributed by atoms with van der Waals surface area (Å²) in [5.74, 6) is -0.116. The number of carbonyl (C=O) groups is 2. The largest absolute Gasteiger partial charge is 0.350 e. The van der Waals surface area contributed by atoms with E-state index in [1.165, 1.54) is 11.8 Å². The molecule has 0 aliphatic heterocycles. The molecule has 36 heavy (non-hydrogen) atoms. The van der Waals surface area contributed by atoms with Crippen molar-refractivity contribution in [3.8, 4) is 0 Å². The molecule has 0 aliphatic rings. The molecule has 0 aromatic heterocycles. The molecule has 0 radical (unpaired) electrons. The van der Waals surface area contributed by atoms with E-state index in [9.17, 15) is 9.59 Å². The first-order valence-electron chi connectivity index (χ1n) is 11.8. The van der Waals surface area contributed by atoms with Crippen LogP contribution in [-0.4, -0.2) is 34.0 Å². The molecule has 1 N–H and O–H groups in total. The smallest absolute Gasteiger partial charge is 0.243 e. The topological polar surface area (TPSA) is 49.4 Å². The van der Waals surface area contributed by atoms with Gasteiger partial charge in [-0.25, -0.2) is 0 Å². The Morgan fingerprint density at radius 2 is 1.58 bits per heavy atom. The SMILES string of the molecule is Cc1ccc(SCC(=O)N(Cc2ccc(Cl)c(Cl)c2)[C@H](Cc2ccccc2)C(=O)NC(C)(C)C)cc1. The van der Waals surface area contributed by atoms with Gasteiger partial charge in [-0.1, -0.05) is 77.3 Å². The van der Waals surface area contributed by atoms with E-state index in [1.807, 2.05) is 88.4 Å². The molecule has 0 aliphatic carbocycles. The Labute approximate surface area is 228 Å². The van der Waals surface area contributed by atoms with Gasteiger partial charge in [-0.3, -0.25) is 9.59 Å². The van der Waals surface area contributed by atoms with Crippen molar-refractivity contribution in [1.29, 1.82) is 0 Å². The number of hydrogen-bond donors (Lipinski definition) is 1. The minimum Gasteiger partial charge on any atom is -0.350 e. The predicted octanol–water partition coefficient (Wildman–Crippen LogP) is 6.95. The van der Waals surface area contributed by atoms with Gasteiger partial charge >= 0.3 is 0 Å². The Morgan fingerprint density at radius 3 is 2.19 bits per heavy atom. The fraction of sp³-hybridized carbons (Fsp3) is 0.310. The first kappa shape index (κ1) is 28.1. The van der Waals surface area contributed by atoms with Crippen LogP contribution in [0.4, 0.5) is 0 Å². The Kier molecular flexibility index (Phi) is 9.89. The summed E-state index contributed by atoms with van der Waals surface area (Å²) in [5.41, 5.74) is 2.50. The molecule has 3 aromatic carbocycles. The summed E-state index contributed by atoms with van der Waals surface area (Å²) in [4.78, 5) is 29.9. The molecule has 190 valence electrons. The number of nitrogens with zero attached hydrogens (tertiary/aromatic N) is 1. The van der Waals surface area contributed by atoms with Crippen LogP contribution in [0.25, 0.3) is 0 Å². The molecule has 7 heteroatoms. The molecule has 0 bridgehead atoms. The zero-order valence-electron chi connectivity index (χ0n) is 21.1. The summed E-state index contributed by atoms with van der Waals surface area (Å²) in [6.07, 6.45) is 0.394. The lowest BCUT2D eigenvalue weighted by atomic mass is 10.0. The van der Waals surface area contributed by atoms with Gasteiger partial charge in [-0.15, -0.1) is 11.8 Å². The summed E-state index contributed by atoms with van der Waals surface area (Å²) >= 11 is 13.9. The molecule has 3 aromatic rings. The number of thioether (sulfide) groups is 1. The average Bonchev–Trinajstić information content (AvgIpc) is 2.82. The third kappa shape index (κ3) is 8.58. The van der Waals surface area contributed by atoms with E-state index in [-0.39, 0.29) is 24.1 Å². The van der Waals surface area contributed by atoms with Crippen molar-refractivity contribution in [1.82, 2.24) is 10.2 Å². The van der Waals surface area contributed by atoms with Gasteiger partial charge in [0.1, 0.15) is 6.04 Å². The van der Waals surface area contributed by atoms with E-state index in [1.54, 1.807) is 17.0 Å². The number of hydrogen-bond acceptors (Lipinski definition) is 3. The number of rotatable bonds is 9. The van der Waals surface area contributed by atoms with Crippen molar-refractivity contribution in [2.24, 2.45) is 0 Å². The zero-order valence-corrected chi connectivity index (χ0v) is 23.4. The first-order valence-corrected chi connectivity index (χ1v) is 13.5. The molecule has 0 unspecified atom stereocenters. The number of aryl methyl sites for hydroxylation is 1. The zero-order chi connectivity index (χ0) is 26.3. The first-order chi connectivity index (χ1) is 17.0. The van der Waals surface area contributed by atoms with Crippen molar-refractivity contribution in [2.45, 2.75) is 57.1 Å². The van der Waals surface area contributed by atoms with Gasteiger partial charge in [0.25, 0.3) is 0 Å². The van der Waals surface area contributed by atoms with Crippen LogP contribution in [0.1, 0.15) is 37.5 Å². The van der Waals surface area contributed by atoms with Gasteiger partial charge in [0.2, 0.25) is 11.8 Å². The third-order valence-electron chi connectivity index (χ3n) is 5.49. The Bertz CT molecular complexity index is 1180. The van der Waals surface area contributed by atoms with Crippen LogP contribution in [0.5, 0.6) is 0 Å². The van der Waals surface area contributed by atoms with Crippen LogP contribution < -0.4 is 5.32 Å². The fourth-order valence-corrected chi connectivity index (χ4v) is 4.81. The molecular formula is C29H32Cl2N2O2S. The Hall–Kier alpha value is -2.47. The van der Waals surface area contributed by atoms with Gasteiger partial charge < -0.3 is 10.2 Å². The molecule has 0 saturated carbocycles. The predicted molar refractivity (Wildman–Crippen MR) is 151 cm³/mol. The van der Waals surface area contributed by atoms with Gasteiger partial charge in [0.15, 0.2) is 0 Å². The number of nitrogens with one attached hydrogen (secondary N) is 1. The molecule has 2 amide bonds. The summed E-state index contributed by atoms with van der Waals surface area (Å²) in [6, 6.07) is 22.4. The summed E-state index contributed by atoms with van der Waals surface area (Å²) in [5, 5.41) is 3.93. The second kappa shape index (κ2) is 12.7. The van der Waals surface area contributed by atoms with Crippen LogP contribution in [0, 0.1) is 6.92 Å². The van der Waals surface area contributed by atoms with Crippen LogP contribution in [-0.2, 0) is 22.6 Å². The molecule has 3 rings (SSSR count). The number of amides is 2. The molecule has 0 fully saturated rings. The minimum absolute atomic E-state index is 0.128. The lowest BCUT2D eigenvalue weighted by Crippen LogP contribution is -2.54. The van der Waals surface area contributed by atoms with E-state index in [0.717, 1.165) is 21.6 Å². The average molecular weight is 544 g/mol. The highest BCUT2D eigenvalue weighted by Crippen LogP contribution is 2.26. The lowest BCUT2D eigenvalue weighted by Gasteiger charge is -2.34. The monoisotopic (exact) mass is 542 g/mol. The highest BCUT2D eigenvalue weighted by molar-refractivity contribution is 8.00. The summed E-state index contributed by atoms with van der Waals surface area (Å²) in [6.45, 7) is 8.06. The maximum Gasteiger partial charge on any atom is 0.243 e. The van der Waals surface area contributed by atoms with Crippen LogP contribution >= 0.6 is 35.0 Å². The Morgan fingerprint density at radius 1 is 0.917 bits per heavy atom. The van der Waals surface area contributed by atoms with Crippen molar-refractivity contribution < 1.29 is 9.59 Å². The standard InChI is InChI=1S/C29H32Cl2N2O2S/c1-20-10-13-23(14-11-20)36-19-27(34)33(18-22-12-15-24(30)25(31)16-22)26(28(35)32-29(2,3)4)17-21-8-6-5-7-9-21/h5-16,26H,17-19H2,1-4H3,(H,32,35)/t26-/m1/s1. The van der Waals surface area contributed by atoms with Crippen molar-refractivity contribution in [2.75, 3.05) is 5.75 Å². The highest BCUT2D eigenvalue weighted by atomic mass is 35.5. The van der Waals surface area contributed by atoms with Crippen LogP contribution in [0.15, 0.2) is 77.7 Å². The van der Waals surface area contributed by atoms with Crippen molar-refractivity contribution >= 4 is 46.8 Å². The number of carbonyl (C=O) groups excluding carboxylic acids is 2. The van der Waals surface area contributed by atoms with Gasteiger partial charge in [0, 0.05) is 23.4 Å². The minimum atomic E-state index is -0.702. The Balaban J connectivity index is 1.94. The van der Waals surface area contributed by atoms with E-state index < -0.39 is 11.6 Å². The lowest BCUT2D eigenvalue weighted by molar-refractivity contribution is -0.140. The van der Waals surface area contributed by atoms with Crippen molar-refractivity contribution in [3.63, 3.8) is 0 Å². The molecule has 1 atom stereocenters. The summed E-state index contributed by atoms with van der Waals surface area (Å²) < 4.78 is 0. The molecule has 0 spiro atoms. The van der Waals surface area contributed by atoms with Crippen LogP contribution in [0.3, 0.4) is 0 Å². The quantitative estimate of drug-likeness (QED) is 0.297. The fourth-order valence-electron chi connectivity index (χ4n) is 3.70. The summed E-state index contributed by atoms with van der Waals surface area (Å²) in [7, 11) is 0. The van der Waals surface area contributed by atoms with E-state index in [0.29, 0.717) is 16.5 Å². The van der Waals surface area contributed by atoms with Gasteiger partial charge in [0.05, 0.1) is 15.8 Å². The maximum atomic E-state index is 13.7. The van der Waals surface area contributed by atoms with E-state index in [2.05, 4.69) is 5.32 Å². The maximum absolute atomic E-state index is 13.7. The van der Waals surface area contributed by atoms with Gasteiger partial charge in [-0.2, -0.15) is 0 Å². The highest BCUT2D eigenvalue weighted by Gasteiger charge is 2.32. The molecule has 0 heterocycles. The van der Waals surface area contributed by atoms with Crippen molar-refractivity contribution in [3.05, 3.63) is 99.5 Å². The van der Waals surface area contributed by atoms with Gasteiger partial charge in [-0.05, 0) is 63.1 Å². The number of halogens is 2. The van der Waals surface area contributed by atoms with E-state index in [4.69, 9.17) is 23.2 Å². The second-order valence-electron chi connectivity index (χ2n) is 9.82. The molecular weight excluding hydrogens is 511 g/mol.